The second kappa shape index (κ2) is 4.50. The van der Waals surface area contributed by atoms with E-state index in [0.29, 0.717) is 0 Å². The highest BCUT2D eigenvalue weighted by Crippen LogP contribution is 2.30. The minimum atomic E-state index is 0.00925. The number of pyridine rings is 1. The van der Waals surface area contributed by atoms with E-state index in [9.17, 15) is 0 Å². The van der Waals surface area contributed by atoms with Gasteiger partial charge < -0.3 is 9.64 Å². The topological polar surface area (TPSA) is 25.4 Å². The zero-order chi connectivity index (χ0) is 11.7. The first kappa shape index (κ1) is 11.4. The van der Waals surface area contributed by atoms with Gasteiger partial charge in [0.2, 0.25) is 0 Å². The van der Waals surface area contributed by atoms with Gasteiger partial charge in [0.05, 0.1) is 17.4 Å². The Hall–Kier alpha value is -0.740. The molecule has 3 heterocycles. The van der Waals surface area contributed by atoms with Crippen LogP contribution in [-0.2, 0) is 11.2 Å². The number of rotatable bonds is 3. The molecule has 0 N–H and O–H groups in total. The van der Waals surface area contributed by atoms with Crippen molar-refractivity contribution >= 4 is 17.6 Å². The molecule has 17 heavy (non-hydrogen) atoms. The third kappa shape index (κ3) is 2.43. The van der Waals surface area contributed by atoms with E-state index in [4.69, 9.17) is 9.72 Å². The zero-order valence-corrected chi connectivity index (χ0v) is 11.0. The van der Waals surface area contributed by atoms with Gasteiger partial charge >= 0.3 is 0 Å². The molecular formula is C13H18N2OS. The van der Waals surface area contributed by atoms with E-state index in [0.717, 1.165) is 42.7 Å². The Morgan fingerprint density at radius 2 is 2.35 bits per heavy atom. The van der Waals surface area contributed by atoms with E-state index < -0.39 is 0 Å². The summed E-state index contributed by atoms with van der Waals surface area (Å²) in [5.74, 6) is 3.26. The molecule has 0 bridgehead atoms. The van der Waals surface area contributed by atoms with Crippen molar-refractivity contribution in [1.82, 2.24) is 4.98 Å². The van der Waals surface area contributed by atoms with Gasteiger partial charge in [-0.1, -0.05) is 6.07 Å². The lowest BCUT2D eigenvalue weighted by molar-refractivity contribution is 0.0200. The average molecular weight is 250 g/mol. The molecule has 92 valence electrons. The Morgan fingerprint density at radius 3 is 3.00 bits per heavy atom. The van der Waals surface area contributed by atoms with E-state index in [1.165, 1.54) is 6.42 Å². The number of hydrogen-bond acceptors (Lipinski definition) is 4. The van der Waals surface area contributed by atoms with Crippen molar-refractivity contribution in [3.8, 4) is 0 Å². The van der Waals surface area contributed by atoms with Crippen LogP contribution >= 0.6 is 11.8 Å². The maximum atomic E-state index is 5.83. The maximum Gasteiger partial charge on any atom is 0.130 e. The molecule has 0 saturated carbocycles. The summed E-state index contributed by atoms with van der Waals surface area (Å²) in [6.07, 6.45) is 3.26. The summed E-state index contributed by atoms with van der Waals surface area (Å²) in [7, 11) is 0. The van der Waals surface area contributed by atoms with Gasteiger partial charge in [0.15, 0.2) is 0 Å². The fourth-order valence-electron chi connectivity index (χ4n) is 2.42. The van der Waals surface area contributed by atoms with Crippen molar-refractivity contribution in [3.05, 3.63) is 23.9 Å². The van der Waals surface area contributed by atoms with E-state index in [2.05, 4.69) is 30.0 Å². The average Bonchev–Trinajstić information content (AvgIpc) is 2.62. The molecule has 0 radical (unpaired) electrons. The predicted octanol–water partition coefficient (Wildman–Crippen LogP) is 2.66. The van der Waals surface area contributed by atoms with Crippen LogP contribution in [0.5, 0.6) is 0 Å². The highest BCUT2D eigenvalue weighted by Gasteiger charge is 2.30. The summed E-state index contributed by atoms with van der Waals surface area (Å²) >= 11 is 1.94. The lowest BCUT2D eigenvalue weighted by Crippen LogP contribution is -2.33. The minimum Gasteiger partial charge on any atom is -0.375 e. The largest absolute Gasteiger partial charge is 0.375 e. The van der Waals surface area contributed by atoms with Gasteiger partial charge in [0.25, 0.3) is 0 Å². The summed E-state index contributed by atoms with van der Waals surface area (Å²) in [4.78, 5) is 7.03. The Labute approximate surface area is 107 Å². The monoisotopic (exact) mass is 250 g/mol. The smallest absolute Gasteiger partial charge is 0.130 e. The maximum absolute atomic E-state index is 5.83. The van der Waals surface area contributed by atoms with Gasteiger partial charge in [-0.25, -0.2) is 4.98 Å². The molecule has 1 aromatic rings. The fourth-order valence-corrected chi connectivity index (χ4v) is 3.05. The first-order valence-electron chi connectivity index (χ1n) is 6.18. The fraction of sp³-hybridized carbons (Fsp3) is 0.615. The molecule has 3 rings (SSSR count). The summed E-state index contributed by atoms with van der Waals surface area (Å²) < 4.78 is 5.83. The molecule has 0 spiro atoms. The molecule has 1 aromatic heterocycles. The number of ether oxygens (including phenoxy) is 1. The minimum absolute atomic E-state index is 0.00925. The highest BCUT2D eigenvalue weighted by molar-refractivity contribution is 8.00. The summed E-state index contributed by atoms with van der Waals surface area (Å²) in [5, 5.41) is 0. The SMILES string of the molecule is CC1(Cc2cccc(N3CSC3)n2)CCCO1. The van der Waals surface area contributed by atoms with Crippen LogP contribution in [0.25, 0.3) is 0 Å². The Balaban J connectivity index is 1.73. The summed E-state index contributed by atoms with van der Waals surface area (Å²) in [6.45, 7) is 3.10. The molecule has 3 nitrogen and oxygen atoms in total. The number of thioether (sulfide) groups is 1. The summed E-state index contributed by atoms with van der Waals surface area (Å²) in [5.41, 5.74) is 1.17. The molecule has 2 aliphatic heterocycles. The summed E-state index contributed by atoms with van der Waals surface area (Å²) in [6, 6.07) is 6.32. The lowest BCUT2D eigenvalue weighted by Gasteiger charge is -2.31. The quantitative estimate of drug-likeness (QED) is 0.823. The first-order valence-corrected chi connectivity index (χ1v) is 7.33. The van der Waals surface area contributed by atoms with Gasteiger partial charge in [-0.2, -0.15) is 0 Å². The molecule has 2 saturated heterocycles. The standard InChI is InChI=1S/C13H18N2OS/c1-13(6-3-7-16-13)8-11-4-2-5-12(14-11)15-9-17-10-15/h2,4-5H,3,6-10H2,1H3. The molecular weight excluding hydrogens is 232 g/mol. The Kier molecular flexibility index (Phi) is 3.01. The third-order valence-corrected chi connectivity index (χ3v) is 4.45. The van der Waals surface area contributed by atoms with Gasteiger partial charge in [0.1, 0.15) is 5.82 Å². The van der Waals surface area contributed by atoms with Crippen LogP contribution in [0.4, 0.5) is 5.82 Å². The molecule has 0 aromatic carbocycles. The van der Waals surface area contributed by atoms with Crippen LogP contribution in [-0.4, -0.2) is 28.9 Å². The van der Waals surface area contributed by atoms with Crippen molar-refractivity contribution < 1.29 is 4.74 Å². The Morgan fingerprint density at radius 1 is 1.47 bits per heavy atom. The van der Waals surface area contributed by atoms with E-state index >= 15 is 0 Å². The number of nitrogens with zero attached hydrogens (tertiary/aromatic N) is 2. The molecule has 2 fully saturated rings. The number of anilines is 1. The predicted molar refractivity (Wildman–Crippen MR) is 71.3 cm³/mol. The molecule has 0 aliphatic carbocycles. The molecule has 2 aliphatic rings. The normalized spacial score (nSPS) is 28.2. The molecule has 4 heteroatoms. The lowest BCUT2D eigenvalue weighted by atomic mass is 9.96. The van der Waals surface area contributed by atoms with Gasteiger partial charge in [-0.05, 0) is 31.9 Å². The van der Waals surface area contributed by atoms with Crippen molar-refractivity contribution in [2.75, 3.05) is 23.3 Å². The third-order valence-electron chi connectivity index (χ3n) is 3.47. The van der Waals surface area contributed by atoms with E-state index in [-0.39, 0.29) is 5.60 Å². The van der Waals surface area contributed by atoms with Crippen molar-refractivity contribution in [2.45, 2.75) is 31.8 Å². The Bertz CT molecular complexity index is 400. The van der Waals surface area contributed by atoms with Crippen LogP contribution in [0.15, 0.2) is 18.2 Å². The van der Waals surface area contributed by atoms with Gasteiger partial charge in [0, 0.05) is 18.7 Å². The van der Waals surface area contributed by atoms with E-state index in [1.807, 2.05) is 11.8 Å². The van der Waals surface area contributed by atoms with Gasteiger partial charge in [-0.3, -0.25) is 0 Å². The number of hydrogen-bond donors (Lipinski definition) is 0. The second-order valence-electron chi connectivity index (χ2n) is 5.07. The zero-order valence-electron chi connectivity index (χ0n) is 10.2. The van der Waals surface area contributed by atoms with E-state index in [1.54, 1.807) is 0 Å². The van der Waals surface area contributed by atoms with Crippen LogP contribution in [0, 0.1) is 0 Å². The van der Waals surface area contributed by atoms with Crippen molar-refractivity contribution in [1.29, 1.82) is 0 Å². The molecule has 0 amide bonds. The van der Waals surface area contributed by atoms with Crippen LogP contribution in [0.1, 0.15) is 25.5 Å². The first-order chi connectivity index (χ1) is 8.25. The molecule has 1 unspecified atom stereocenters. The van der Waals surface area contributed by atoms with Crippen molar-refractivity contribution in [2.24, 2.45) is 0 Å². The second-order valence-corrected chi connectivity index (χ2v) is 5.99. The highest BCUT2D eigenvalue weighted by atomic mass is 32.2. The van der Waals surface area contributed by atoms with Crippen LogP contribution in [0.3, 0.4) is 0 Å². The van der Waals surface area contributed by atoms with Gasteiger partial charge in [-0.15, -0.1) is 11.8 Å². The van der Waals surface area contributed by atoms with Crippen molar-refractivity contribution in [3.63, 3.8) is 0 Å². The van der Waals surface area contributed by atoms with Crippen LogP contribution < -0.4 is 4.90 Å². The number of aromatic nitrogens is 1. The molecule has 1 atom stereocenters. The van der Waals surface area contributed by atoms with Crippen LogP contribution in [0.2, 0.25) is 0 Å².